The van der Waals surface area contributed by atoms with Crippen LogP contribution in [0.2, 0.25) is 0 Å². The van der Waals surface area contributed by atoms with Crippen molar-refractivity contribution in [3.8, 4) is 0 Å². The average molecular weight is 430 g/mol. The number of hydrogen-bond donors (Lipinski definition) is 1. The molecule has 0 saturated carbocycles. The van der Waals surface area contributed by atoms with Gasteiger partial charge in [-0.3, -0.25) is 19.4 Å². The van der Waals surface area contributed by atoms with Crippen LogP contribution in [0.15, 0.2) is 30.3 Å². The fourth-order valence-corrected chi connectivity index (χ4v) is 4.32. The van der Waals surface area contributed by atoms with Crippen molar-refractivity contribution in [2.75, 3.05) is 19.7 Å². The van der Waals surface area contributed by atoms with Crippen molar-refractivity contribution in [1.82, 2.24) is 15.3 Å². The van der Waals surface area contributed by atoms with Gasteiger partial charge in [0.25, 0.3) is 5.91 Å². The van der Waals surface area contributed by atoms with Crippen molar-refractivity contribution in [2.24, 2.45) is 5.92 Å². The number of Topliss-reactive ketones (excluding diaryl/α,β-unsaturated/α-hetero) is 1. The van der Waals surface area contributed by atoms with Gasteiger partial charge in [0, 0.05) is 18.7 Å². The molecule has 1 N–H and O–H groups in total. The number of benzene rings is 1. The number of hydrogen-bond acceptors (Lipinski definition) is 5. The lowest BCUT2D eigenvalue weighted by molar-refractivity contribution is -0.136. The van der Waals surface area contributed by atoms with Crippen LogP contribution in [0.4, 0.5) is 0 Å². The van der Waals surface area contributed by atoms with Crippen molar-refractivity contribution in [3.63, 3.8) is 0 Å². The van der Waals surface area contributed by atoms with E-state index >= 15 is 0 Å². The summed E-state index contributed by atoms with van der Waals surface area (Å²) in [5.41, 5.74) is 0.557. The maximum Gasteiger partial charge on any atom is 0.268 e. The lowest BCUT2D eigenvalue weighted by atomic mass is 10.0. The summed E-state index contributed by atoms with van der Waals surface area (Å²) < 4.78 is 5.39. The zero-order chi connectivity index (χ0) is 22.4. The van der Waals surface area contributed by atoms with Crippen LogP contribution in [-0.4, -0.2) is 65.5 Å². The summed E-state index contributed by atoms with van der Waals surface area (Å²) in [4.78, 5) is 39.4. The fraction of sp³-hybridized carbons (Fsp3) is 0.625. The Labute approximate surface area is 185 Å². The topological polar surface area (TPSA) is 79.0 Å². The molecule has 2 saturated heterocycles. The van der Waals surface area contributed by atoms with Gasteiger partial charge in [-0.1, -0.05) is 44.9 Å². The maximum atomic E-state index is 13.7. The van der Waals surface area contributed by atoms with Crippen LogP contribution in [0.25, 0.3) is 0 Å². The standard InChI is InChI=1S/C24H35N3O4/c1-17(2)15-20(23(29)25-22-18(3)31-16-21(22)28)27(26-13-9-4-5-10-14-26)24(30)19-11-7-6-8-12-19/h6-8,11-12,17-18,20,22H,4-5,9-10,13-16H2,1-3H3,(H,25,29)/t18-,20?,22+/m1/s1. The van der Waals surface area contributed by atoms with Crippen LogP contribution in [0, 0.1) is 5.92 Å². The number of carbonyl (C=O) groups excluding carboxylic acids is 3. The van der Waals surface area contributed by atoms with Crippen LogP contribution in [0.3, 0.4) is 0 Å². The van der Waals surface area contributed by atoms with Crippen LogP contribution < -0.4 is 5.32 Å². The third kappa shape index (κ3) is 5.92. The highest BCUT2D eigenvalue weighted by atomic mass is 16.5. The van der Waals surface area contributed by atoms with E-state index in [0.717, 1.165) is 38.8 Å². The summed E-state index contributed by atoms with van der Waals surface area (Å²) in [6.07, 6.45) is 4.36. The highest BCUT2D eigenvalue weighted by Crippen LogP contribution is 2.22. The molecule has 0 aromatic heterocycles. The lowest BCUT2D eigenvalue weighted by Crippen LogP contribution is -2.60. The number of nitrogens with zero attached hydrogens (tertiary/aromatic N) is 2. The third-order valence-electron chi connectivity index (χ3n) is 6.01. The molecule has 2 amide bonds. The largest absolute Gasteiger partial charge is 0.368 e. The first-order chi connectivity index (χ1) is 14.9. The molecule has 0 aliphatic carbocycles. The molecule has 170 valence electrons. The minimum absolute atomic E-state index is 0.0136. The molecule has 0 bridgehead atoms. The molecule has 7 nitrogen and oxygen atoms in total. The summed E-state index contributed by atoms with van der Waals surface area (Å²) in [5.74, 6) is -0.398. The van der Waals surface area contributed by atoms with Crippen molar-refractivity contribution in [1.29, 1.82) is 0 Å². The van der Waals surface area contributed by atoms with Gasteiger partial charge in [0.15, 0.2) is 5.78 Å². The molecule has 0 spiro atoms. The molecule has 0 radical (unpaired) electrons. The highest BCUT2D eigenvalue weighted by Gasteiger charge is 2.40. The summed E-state index contributed by atoms with van der Waals surface area (Å²) in [6, 6.07) is 7.76. The number of carbonyl (C=O) groups is 3. The van der Waals surface area contributed by atoms with Crippen LogP contribution in [0.1, 0.15) is 63.2 Å². The second kappa shape index (κ2) is 10.9. The second-order valence-corrected chi connectivity index (χ2v) is 9.00. The Kier molecular flexibility index (Phi) is 8.21. The zero-order valence-corrected chi connectivity index (χ0v) is 18.9. The third-order valence-corrected chi connectivity index (χ3v) is 6.01. The molecule has 2 aliphatic heterocycles. The molecule has 2 aliphatic rings. The van der Waals surface area contributed by atoms with Gasteiger partial charge in [0.1, 0.15) is 18.7 Å². The van der Waals surface area contributed by atoms with E-state index in [-0.39, 0.29) is 36.2 Å². The Balaban J connectivity index is 1.92. The molecule has 1 unspecified atom stereocenters. The first kappa shape index (κ1) is 23.4. The Morgan fingerprint density at radius 3 is 2.32 bits per heavy atom. The molecular weight excluding hydrogens is 394 g/mol. The van der Waals surface area contributed by atoms with Crippen LogP contribution in [-0.2, 0) is 14.3 Å². The predicted octanol–water partition coefficient (Wildman–Crippen LogP) is 2.81. The van der Waals surface area contributed by atoms with E-state index in [2.05, 4.69) is 5.32 Å². The Bertz CT molecular complexity index is 759. The van der Waals surface area contributed by atoms with E-state index in [1.54, 1.807) is 24.1 Å². The monoisotopic (exact) mass is 429 g/mol. The van der Waals surface area contributed by atoms with Crippen molar-refractivity contribution in [2.45, 2.75) is 71.1 Å². The summed E-state index contributed by atoms with van der Waals surface area (Å²) in [5, 5.41) is 6.61. The molecule has 1 aromatic rings. The molecular formula is C24H35N3O4. The Morgan fingerprint density at radius 1 is 1.13 bits per heavy atom. The SMILES string of the molecule is CC(C)CC(C(=O)N[C@@H]1C(=O)CO[C@@H]1C)N(C(=O)c1ccccc1)N1CCCCCC1. The Morgan fingerprint density at radius 2 is 1.77 bits per heavy atom. The van der Waals surface area contributed by atoms with Crippen molar-refractivity contribution in [3.05, 3.63) is 35.9 Å². The molecule has 7 heteroatoms. The van der Waals surface area contributed by atoms with E-state index < -0.39 is 12.1 Å². The number of rotatable bonds is 7. The molecule has 3 rings (SSSR count). The van der Waals surface area contributed by atoms with E-state index in [1.165, 1.54) is 0 Å². The number of amides is 2. The first-order valence-corrected chi connectivity index (χ1v) is 11.5. The van der Waals surface area contributed by atoms with E-state index in [1.807, 2.05) is 37.1 Å². The van der Waals surface area contributed by atoms with Gasteiger partial charge in [-0.2, -0.15) is 0 Å². The summed E-state index contributed by atoms with van der Waals surface area (Å²) in [7, 11) is 0. The zero-order valence-electron chi connectivity index (χ0n) is 18.9. The predicted molar refractivity (Wildman–Crippen MR) is 118 cm³/mol. The minimum Gasteiger partial charge on any atom is -0.368 e. The summed E-state index contributed by atoms with van der Waals surface area (Å²) >= 11 is 0. The number of ether oxygens (including phenoxy) is 1. The first-order valence-electron chi connectivity index (χ1n) is 11.5. The number of ketones is 1. The van der Waals surface area contributed by atoms with E-state index in [4.69, 9.17) is 4.74 Å². The highest BCUT2D eigenvalue weighted by molar-refractivity contribution is 5.98. The van der Waals surface area contributed by atoms with Crippen molar-refractivity contribution < 1.29 is 19.1 Å². The van der Waals surface area contributed by atoms with Crippen LogP contribution >= 0.6 is 0 Å². The minimum atomic E-state index is -0.689. The number of hydrazine groups is 1. The van der Waals surface area contributed by atoms with Crippen molar-refractivity contribution >= 4 is 17.6 Å². The Hall–Kier alpha value is -2.25. The summed E-state index contributed by atoms with van der Waals surface area (Å²) in [6.45, 7) is 7.36. The van der Waals surface area contributed by atoms with Gasteiger partial charge in [-0.05, 0) is 44.2 Å². The van der Waals surface area contributed by atoms with Gasteiger partial charge in [-0.25, -0.2) is 5.01 Å². The quantitative estimate of drug-likeness (QED) is 0.721. The molecule has 31 heavy (non-hydrogen) atoms. The van der Waals surface area contributed by atoms with E-state index in [9.17, 15) is 14.4 Å². The molecule has 3 atom stereocenters. The molecule has 1 aromatic carbocycles. The van der Waals surface area contributed by atoms with Gasteiger partial charge < -0.3 is 10.1 Å². The van der Waals surface area contributed by atoms with Gasteiger partial charge in [0.05, 0.1) is 6.10 Å². The normalized spacial score (nSPS) is 23.4. The van der Waals surface area contributed by atoms with E-state index in [0.29, 0.717) is 12.0 Å². The smallest absolute Gasteiger partial charge is 0.268 e. The second-order valence-electron chi connectivity index (χ2n) is 9.00. The number of nitrogens with one attached hydrogen (secondary N) is 1. The van der Waals surface area contributed by atoms with Gasteiger partial charge in [0.2, 0.25) is 5.91 Å². The fourth-order valence-electron chi connectivity index (χ4n) is 4.32. The molecule has 2 heterocycles. The van der Waals surface area contributed by atoms with Crippen LogP contribution in [0.5, 0.6) is 0 Å². The molecule has 2 fully saturated rings. The van der Waals surface area contributed by atoms with Gasteiger partial charge in [-0.15, -0.1) is 0 Å². The lowest BCUT2D eigenvalue weighted by Gasteiger charge is -2.40. The average Bonchev–Trinajstić information content (AvgIpc) is 2.94. The van der Waals surface area contributed by atoms with Gasteiger partial charge >= 0.3 is 0 Å². The maximum absolute atomic E-state index is 13.7.